The van der Waals surface area contributed by atoms with Crippen molar-refractivity contribution in [1.29, 1.82) is 0 Å². The number of rotatable bonds is 1. The molecule has 1 rings (SSSR count). The van der Waals surface area contributed by atoms with Crippen molar-refractivity contribution in [3.8, 4) is 5.75 Å². The molecule has 0 spiro atoms. The summed E-state index contributed by atoms with van der Waals surface area (Å²) in [5.41, 5.74) is -4.78. The van der Waals surface area contributed by atoms with Crippen molar-refractivity contribution in [2.45, 2.75) is 18.2 Å². The number of phenols is 1. The molecule has 0 aromatic heterocycles. The number of hydrogen-bond donors (Lipinski definition) is 1. The van der Waals surface area contributed by atoms with Gasteiger partial charge < -0.3 is 5.11 Å². The van der Waals surface area contributed by atoms with Crippen molar-refractivity contribution in [1.82, 2.24) is 0 Å². The third-order valence-corrected chi connectivity index (χ3v) is 2.27. The minimum Gasteiger partial charge on any atom is -0.507 e. The van der Waals surface area contributed by atoms with Crippen molar-refractivity contribution in [2.75, 3.05) is 0 Å². The first-order valence-corrected chi connectivity index (χ1v) is 4.67. The number of halogens is 7. The lowest BCUT2D eigenvalue weighted by molar-refractivity contribution is -0.163. The van der Waals surface area contributed by atoms with Crippen molar-refractivity contribution >= 4 is 11.6 Å². The van der Waals surface area contributed by atoms with E-state index < -0.39 is 40.7 Å². The van der Waals surface area contributed by atoms with Gasteiger partial charge in [0.1, 0.15) is 11.3 Å². The Balaban J connectivity index is 3.67. The normalized spacial score (nSPS) is 12.9. The van der Waals surface area contributed by atoms with E-state index in [9.17, 15) is 26.3 Å². The van der Waals surface area contributed by atoms with Gasteiger partial charge in [0.05, 0.1) is 5.56 Å². The van der Waals surface area contributed by atoms with Gasteiger partial charge in [0, 0.05) is 5.88 Å². The topological polar surface area (TPSA) is 20.2 Å². The first-order valence-electron chi connectivity index (χ1n) is 4.14. The minimum atomic E-state index is -5.31. The molecule has 1 aromatic carbocycles. The second kappa shape index (κ2) is 4.29. The summed E-state index contributed by atoms with van der Waals surface area (Å²) < 4.78 is 75.0. The molecule has 1 nitrogen and oxygen atoms in total. The van der Waals surface area contributed by atoms with E-state index in [1.165, 1.54) is 0 Å². The average molecular weight is 279 g/mol. The fourth-order valence-electron chi connectivity index (χ4n) is 1.36. The summed E-state index contributed by atoms with van der Waals surface area (Å²) in [6.07, 6.45) is -10.6. The van der Waals surface area contributed by atoms with Gasteiger partial charge in [-0.15, -0.1) is 11.6 Å². The summed E-state index contributed by atoms with van der Waals surface area (Å²) in [4.78, 5) is 0. The lowest BCUT2D eigenvalue weighted by atomic mass is 10.00. The van der Waals surface area contributed by atoms with Crippen LogP contribution in [-0.2, 0) is 18.2 Å². The maximum atomic E-state index is 12.5. The molecule has 0 unspecified atom stereocenters. The van der Waals surface area contributed by atoms with Gasteiger partial charge in [0.25, 0.3) is 0 Å². The van der Waals surface area contributed by atoms with Crippen LogP contribution in [0.15, 0.2) is 12.1 Å². The second-order valence-corrected chi connectivity index (χ2v) is 3.39. The first-order chi connectivity index (χ1) is 7.59. The Labute approximate surface area is 96.6 Å². The zero-order valence-electron chi connectivity index (χ0n) is 7.95. The van der Waals surface area contributed by atoms with Gasteiger partial charge >= 0.3 is 12.4 Å². The van der Waals surface area contributed by atoms with E-state index in [1.54, 1.807) is 0 Å². The smallest absolute Gasteiger partial charge is 0.420 e. The Morgan fingerprint density at radius 2 is 1.41 bits per heavy atom. The van der Waals surface area contributed by atoms with E-state index in [1.807, 2.05) is 0 Å². The van der Waals surface area contributed by atoms with Crippen LogP contribution in [-0.4, -0.2) is 5.11 Å². The summed E-state index contributed by atoms with van der Waals surface area (Å²) >= 11 is 5.16. The van der Waals surface area contributed by atoms with E-state index in [2.05, 4.69) is 0 Å². The van der Waals surface area contributed by atoms with Crippen LogP contribution in [0, 0.1) is 0 Å². The van der Waals surface area contributed by atoms with Crippen LogP contribution in [0.1, 0.15) is 16.7 Å². The minimum absolute atomic E-state index is 0.537. The standard InChI is InChI=1S/C9H5ClF6O/c10-3-4-1-2-5(17)7(9(14,15)16)6(4)8(11,12)13/h1-2,17H,3H2. The van der Waals surface area contributed by atoms with E-state index in [0.29, 0.717) is 12.1 Å². The highest BCUT2D eigenvalue weighted by Crippen LogP contribution is 2.46. The van der Waals surface area contributed by atoms with Gasteiger partial charge in [0.15, 0.2) is 0 Å². The third kappa shape index (κ3) is 2.77. The van der Waals surface area contributed by atoms with Crippen LogP contribution in [0.2, 0.25) is 0 Å². The highest BCUT2D eigenvalue weighted by molar-refractivity contribution is 6.17. The quantitative estimate of drug-likeness (QED) is 0.604. The van der Waals surface area contributed by atoms with Gasteiger partial charge in [-0.1, -0.05) is 6.07 Å². The monoisotopic (exact) mass is 278 g/mol. The Morgan fingerprint density at radius 1 is 0.941 bits per heavy atom. The van der Waals surface area contributed by atoms with Crippen LogP contribution in [0.4, 0.5) is 26.3 Å². The number of alkyl halides is 7. The molecule has 0 atom stereocenters. The molecule has 0 saturated heterocycles. The molecule has 1 N–H and O–H groups in total. The number of aromatic hydroxyl groups is 1. The molecular weight excluding hydrogens is 274 g/mol. The molecule has 0 saturated carbocycles. The Kier molecular flexibility index (Phi) is 3.52. The lowest BCUT2D eigenvalue weighted by Gasteiger charge is -2.19. The van der Waals surface area contributed by atoms with Gasteiger partial charge in [-0.3, -0.25) is 0 Å². The predicted molar refractivity (Wildman–Crippen MR) is 47.7 cm³/mol. The summed E-state index contributed by atoms with van der Waals surface area (Å²) in [5, 5.41) is 8.95. The molecule has 96 valence electrons. The zero-order chi connectivity index (χ0) is 13.4. The molecule has 0 fully saturated rings. The molecule has 0 radical (unpaired) electrons. The van der Waals surface area contributed by atoms with Gasteiger partial charge in [-0.25, -0.2) is 0 Å². The third-order valence-electron chi connectivity index (χ3n) is 1.98. The van der Waals surface area contributed by atoms with Crippen LogP contribution >= 0.6 is 11.6 Å². The highest BCUT2D eigenvalue weighted by atomic mass is 35.5. The average Bonchev–Trinajstić information content (AvgIpc) is 2.13. The molecule has 0 aliphatic heterocycles. The van der Waals surface area contributed by atoms with Crippen molar-refractivity contribution in [3.05, 3.63) is 28.8 Å². The summed E-state index contributed by atoms with van der Waals surface area (Å²) in [6, 6.07) is 1.25. The first kappa shape index (κ1) is 14.0. The SMILES string of the molecule is Oc1ccc(CCl)c(C(F)(F)F)c1C(F)(F)F. The van der Waals surface area contributed by atoms with Gasteiger partial charge in [-0.2, -0.15) is 26.3 Å². The van der Waals surface area contributed by atoms with E-state index in [-0.39, 0.29) is 0 Å². The molecule has 0 heterocycles. The van der Waals surface area contributed by atoms with Crippen LogP contribution in [0.3, 0.4) is 0 Å². The molecule has 0 aliphatic rings. The van der Waals surface area contributed by atoms with E-state index >= 15 is 0 Å². The van der Waals surface area contributed by atoms with E-state index in [4.69, 9.17) is 16.7 Å². The summed E-state index contributed by atoms with van der Waals surface area (Å²) in [6.45, 7) is 0. The van der Waals surface area contributed by atoms with Gasteiger partial charge in [0.2, 0.25) is 0 Å². The van der Waals surface area contributed by atoms with Crippen LogP contribution in [0.25, 0.3) is 0 Å². The predicted octanol–water partition coefficient (Wildman–Crippen LogP) is 4.17. The second-order valence-electron chi connectivity index (χ2n) is 3.12. The molecule has 0 aliphatic carbocycles. The van der Waals surface area contributed by atoms with Crippen LogP contribution in [0.5, 0.6) is 5.75 Å². The Bertz CT molecular complexity index is 423. The van der Waals surface area contributed by atoms with Gasteiger partial charge in [-0.05, 0) is 11.6 Å². The fraction of sp³-hybridized carbons (Fsp3) is 0.333. The molecular formula is C9H5ClF6O. The molecule has 0 bridgehead atoms. The fourth-order valence-corrected chi connectivity index (χ4v) is 1.58. The maximum absolute atomic E-state index is 12.5. The van der Waals surface area contributed by atoms with Crippen LogP contribution < -0.4 is 0 Å². The molecule has 0 amide bonds. The molecule has 8 heteroatoms. The zero-order valence-corrected chi connectivity index (χ0v) is 8.71. The largest absolute Gasteiger partial charge is 0.507 e. The highest BCUT2D eigenvalue weighted by Gasteiger charge is 2.46. The van der Waals surface area contributed by atoms with Crippen molar-refractivity contribution < 1.29 is 31.4 Å². The van der Waals surface area contributed by atoms with E-state index in [0.717, 1.165) is 0 Å². The number of hydrogen-bond acceptors (Lipinski definition) is 1. The van der Waals surface area contributed by atoms with Crippen molar-refractivity contribution in [3.63, 3.8) is 0 Å². The number of phenolic OH excluding ortho intramolecular Hbond substituents is 1. The Hall–Kier alpha value is -1.11. The molecule has 1 aromatic rings. The van der Waals surface area contributed by atoms with Crippen molar-refractivity contribution in [2.24, 2.45) is 0 Å². The maximum Gasteiger partial charge on any atom is 0.420 e. The number of benzene rings is 1. The Morgan fingerprint density at radius 3 is 1.76 bits per heavy atom. The molecule has 17 heavy (non-hydrogen) atoms. The summed E-state index contributed by atoms with van der Waals surface area (Å²) in [7, 11) is 0. The lowest BCUT2D eigenvalue weighted by Crippen LogP contribution is -2.18. The summed E-state index contributed by atoms with van der Waals surface area (Å²) in [5.74, 6) is -2.21.